The number of nitro groups is 1. The summed E-state index contributed by atoms with van der Waals surface area (Å²) in [6.45, 7) is 3.81. The molecule has 0 aliphatic heterocycles. The highest BCUT2D eigenvalue weighted by Gasteiger charge is 2.08. The summed E-state index contributed by atoms with van der Waals surface area (Å²) < 4.78 is 5.34. The normalized spacial score (nSPS) is 10.8. The van der Waals surface area contributed by atoms with Crippen LogP contribution in [0.3, 0.4) is 0 Å². The average Bonchev–Trinajstić information content (AvgIpc) is 3.04. The van der Waals surface area contributed by atoms with E-state index in [9.17, 15) is 10.1 Å². The Kier molecular flexibility index (Phi) is 8.24. The monoisotopic (exact) mass is 444 g/mol. The molecule has 1 aromatic heterocycles. The van der Waals surface area contributed by atoms with Crippen molar-refractivity contribution in [2.24, 2.45) is 4.99 Å². The molecule has 0 spiro atoms. The highest BCUT2D eigenvalue weighted by atomic mass is 127. The number of aliphatic imine (C=N–C) groups is 1. The Morgan fingerprint density at radius 3 is 2.58 bits per heavy atom. The molecule has 0 amide bonds. The molecule has 1 aromatic carbocycles. The first-order valence-corrected chi connectivity index (χ1v) is 7.35. The van der Waals surface area contributed by atoms with Crippen LogP contribution >= 0.6 is 24.0 Å². The van der Waals surface area contributed by atoms with Crippen molar-refractivity contribution in [1.29, 1.82) is 0 Å². The summed E-state index contributed by atoms with van der Waals surface area (Å²) in [5.41, 5.74) is 0.997. The van der Waals surface area contributed by atoms with Gasteiger partial charge in [0.2, 0.25) is 0 Å². The van der Waals surface area contributed by atoms with Crippen LogP contribution in [0.1, 0.15) is 18.2 Å². The van der Waals surface area contributed by atoms with E-state index in [0.29, 0.717) is 13.1 Å². The standard InChI is InChI=1S/C16H20N4O3.HI/c1-3-17-16(19(2)12-15-5-4-10-23-15)18-11-13-6-8-14(9-7-13)20(21)22;/h4-10H,3,11-12H2,1-2H3,(H,17,18);1H. The van der Waals surface area contributed by atoms with Crippen molar-refractivity contribution in [2.75, 3.05) is 13.6 Å². The molecule has 2 aromatic rings. The van der Waals surface area contributed by atoms with Crippen molar-refractivity contribution in [3.63, 3.8) is 0 Å². The minimum atomic E-state index is -0.408. The lowest BCUT2D eigenvalue weighted by Gasteiger charge is -2.21. The van der Waals surface area contributed by atoms with Crippen LogP contribution in [-0.2, 0) is 13.1 Å². The van der Waals surface area contributed by atoms with Crippen LogP contribution in [0.15, 0.2) is 52.1 Å². The Hall–Kier alpha value is -2.10. The predicted octanol–water partition coefficient (Wildman–Crippen LogP) is 3.40. The summed E-state index contributed by atoms with van der Waals surface area (Å²) in [5, 5.41) is 13.9. The summed E-state index contributed by atoms with van der Waals surface area (Å²) in [6, 6.07) is 10.2. The number of halogens is 1. The SMILES string of the molecule is CCNC(=NCc1ccc([N+](=O)[O-])cc1)N(C)Cc1ccco1.I. The van der Waals surface area contributed by atoms with Gasteiger partial charge in [0.1, 0.15) is 5.76 Å². The molecule has 0 bridgehead atoms. The van der Waals surface area contributed by atoms with Gasteiger partial charge in [-0.3, -0.25) is 10.1 Å². The van der Waals surface area contributed by atoms with Crippen LogP contribution in [0.25, 0.3) is 0 Å². The number of nitro benzene ring substituents is 1. The van der Waals surface area contributed by atoms with E-state index in [-0.39, 0.29) is 29.7 Å². The van der Waals surface area contributed by atoms with Gasteiger partial charge in [-0.2, -0.15) is 0 Å². The quantitative estimate of drug-likeness (QED) is 0.243. The van der Waals surface area contributed by atoms with E-state index in [1.165, 1.54) is 12.1 Å². The molecule has 7 nitrogen and oxygen atoms in total. The second-order valence-corrected chi connectivity index (χ2v) is 5.03. The van der Waals surface area contributed by atoms with Gasteiger partial charge < -0.3 is 14.6 Å². The maximum absolute atomic E-state index is 10.7. The summed E-state index contributed by atoms with van der Waals surface area (Å²) in [4.78, 5) is 16.8. The molecule has 1 N–H and O–H groups in total. The second kappa shape index (κ2) is 9.91. The summed E-state index contributed by atoms with van der Waals surface area (Å²) in [7, 11) is 1.93. The number of nitrogens with zero attached hydrogens (tertiary/aromatic N) is 3. The maximum Gasteiger partial charge on any atom is 0.269 e. The Morgan fingerprint density at radius 1 is 1.33 bits per heavy atom. The molecular formula is C16H21IN4O3. The Morgan fingerprint density at radius 2 is 2.04 bits per heavy atom. The smallest absolute Gasteiger partial charge is 0.269 e. The van der Waals surface area contributed by atoms with Crippen molar-refractivity contribution in [3.8, 4) is 0 Å². The number of hydrogen-bond acceptors (Lipinski definition) is 4. The minimum absolute atomic E-state index is 0. The number of hydrogen-bond donors (Lipinski definition) is 1. The summed E-state index contributed by atoms with van der Waals surface area (Å²) >= 11 is 0. The molecule has 130 valence electrons. The first-order valence-electron chi connectivity index (χ1n) is 7.35. The van der Waals surface area contributed by atoms with Gasteiger partial charge in [0.25, 0.3) is 5.69 Å². The molecule has 2 rings (SSSR count). The summed E-state index contributed by atoms with van der Waals surface area (Å²) in [5.74, 6) is 1.61. The molecule has 0 fully saturated rings. The molecular weight excluding hydrogens is 423 g/mol. The molecule has 1 heterocycles. The first-order chi connectivity index (χ1) is 11.1. The van der Waals surface area contributed by atoms with Crippen molar-refractivity contribution in [2.45, 2.75) is 20.0 Å². The van der Waals surface area contributed by atoms with Crippen molar-refractivity contribution < 1.29 is 9.34 Å². The molecule has 0 aliphatic rings. The van der Waals surface area contributed by atoms with E-state index in [2.05, 4.69) is 10.3 Å². The molecule has 0 unspecified atom stereocenters. The van der Waals surface area contributed by atoms with Crippen molar-refractivity contribution in [3.05, 3.63) is 64.1 Å². The minimum Gasteiger partial charge on any atom is -0.467 e. The second-order valence-electron chi connectivity index (χ2n) is 5.03. The topological polar surface area (TPSA) is 83.9 Å². The number of benzene rings is 1. The lowest BCUT2D eigenvalue weighted by molar-refractivity contribution is -0.384. The zero-order valence-electron chi connectivity index (χ0n) is 13.6. The molecule has 0 aliphatic carbocycles. The van der Waals surface area contributed by atoms with Gasteiger partial charge in [0.15, 0.2) is 5.96 Å². The lowest BCUT2D eigenvalue weighted by atomic mass is 10.2. The average molecular weight is 444 g/mol. The Labute approximate surface area is 157 Å². The van der Waals surface area contributed by atoms with Gasteiger partial charge in [-0.25, -0.2) is 4.99 Å². The zero-order valence-corrected chi connectivity index (χ0v) is 16.0. The number of nitrogens with one attached hydrogen (secondary N) is 1. The van der Waals surface area contributed by atoms with E-state index in [1.54, 1.807) is 18.4 Å². The third kappa shape index (κ3) is 5.84. The van der Waals surface area contributed by atoms with Crippen LogP contribution in [0.5, 0.6) is 0 Å². The maximum atomic E-state index is 10.7. The van der Waals surface area contributed by atoms with Gasteiger partial charge >= 0.3 is 0 Å². The van der Waals surface area contributed by atoms with Crippen LogP contribution in [0, 0.1) is 10.1 Å². The van der Waals surface area contributed by atoms with E-state index in [1.807, 2.05) is 31.0 Å². The molecule has 24 heavy (non-hydrogen) atoms. The molecule has 0 atom stereocenters. The van der Waals surface area contributed by atoms with E-state index < -0.39 is 4.92 Å². The van der Waals surface area contributed by atoms with Crippen molar-refractivity contribution >= 4 is 35.6 Å². The van der Waals surface area contributed by atoms with Gasteiger partial charge in [0, 0.05) is 25.7 Å². The highest BCUT2D eigenvalue weighted by molar-refractivity contribution is 14.0. The fraction of sp³-hybridized carbons (Fsp3) is 0.312. The predicted molar refractivity (Wildman–Crippen MR) is 104 cm³/mol. The van der Waals surface area contributed by atoms with Crippen LogP contribution in [-0.4, -0.2) is 29.4 Å². The molecule has 8 heteroatoms. The first kappa shape index (κ1) is 19.9. The lowest BCUT2D eigenvalue weighted by Crippen LogP contribution is -2.38. The Balaban J connectivity index is 0.00000288. The highest BCUT2D eigenvalue weighted by Crippen LogP contribution is 2.12. The third-order valence-corrected chi connectivity index (χ3v) is 3.23. The van der Waals surface area contributed by atoms with Gasteiger partial charge in [0.05, 0.1) is 24.3 Å². The number of non-ortho nitro benzene ring substituents is 1. The van der Waals surface area contributed by atoms with Crippen LogP contribution < -0.4 is 5.32 Å². The van der Waals surface area contributed by atoms with E-state index in [0.717, 1.165) is 23.8 Å². The fourth-order valence-corrected chi connectivity index (χ4v) is 2.07. The van der Waals surface area contributed by atoms with Gasteiger partial charge in [-0.15, -0.1) is 24.0 Å². The summed E-state index contributed by atoms with van der Waals surface area (Å²) in [6.07, 6.45) is 1.64. The molecule has 0 saturated heterocycles. The van der Waals surface area contributed by atoms with Gasteiger partial charge in [-0.05, 0) is 24.6 Å². The van der Waals surface area contributed by atoms with Crippen molar-refractivity contribution in [1.82, 2.24) is 10.2 Å². The largest absolute Gasteiger partial charge is 0.467 e. The van der Waals surface area contributed by atoms with Gasteiger partial charge in [-0.1, -0.05) is 12.1 Å². The third-order valence-electron chi connectivity index (χ3n) is 3.23. The fourth-order valence-electron chi connectivity index (χ4n) is 2.07. The van der Waals surface area contributed by atoms with Crippen LogP contribution in [0.2, 0.25) is 0 Å². The van der Waals surface area contributed by atoms with E-state index in [4.69, 9.17) is 4.42 Å². The number of guanidine groups is 1. The van der Waals surface area contributed by atoms with E-state index >= 15 is 0 Å². The number of rotatable bonds is 6. The Bertz CT molecular complexity index is 656. The molecule has 0 radical (unpaired) electrons. The number of furan rings is 1. The van der Waals surface area contributed by atoms with Crippen LogP contribution in [0.4, 0.5) is 5.69 Å². The zero-order chi connectivity index (χ0) is 16.7. The molecule has 0 saturated carbocycles.